The Labute approximate surface area is 157 Å². The number of carbonyl (C=O) groups is 2. The third kappa shape index (κ3) is 5.97. The van der Waals surface area contributed by atoms with Gasteiger partial charge in [-0.1, -0.05) is 23.2 Å². The van der Waals surface area contributed by atoms with Crippen LogP contribution in [-0.2, 0) is 9.53 Å². The summed E-state index contributed by atoms with van der Waals surface area (Å²) in [6.07, 6.45) is -0.355. The van der Waals surface area contributed by atoms with Crippen LogP contribution in [0.15, 0.2) is 18.2 Å². The lowest BCUT2D eigenvalue weighted by Gasteiger charge is -2.35. The number of halogens is 2. The van der Waals surface area contributed by atoms with Crippen LogP contribution in [0.2, 0.25) is 10.0 Å². The zero-order valence-electron chi connectivity index (χ0n) is 14.6. The fourth-order valence-electron chi connectivity index (χ4n) is 2.27. The minimum absolute atomic E-state index is 0.0929. The Hall–Kier alpha value is -1.66. The van der Waals surface area contributed by atoms with Crippen LogP contribution < -0.4 is 4.74 Å². The molecule has 0 N–H and O–H groups in total. The molecule has 2 rings (SSSR count). The van der Waals surface area contributed by atoms with Crippen molar-refractivity contribution in [2.45, 2.75) is 26.4 Å². The van der Waals surface area contributed by atoms with Gasteiger partial charge >= 0.3 is 6.09 Å². The van der Waals surface area contributed by atoms with Crippen molar-refractivity contribution in [3.8, 4) is 5.75 Å². The highest BCUT2D eigenvalue weighted by molar-refractivity contribution is 6.42. The molecule has 0 saturated carbocycles. The molecule has 0 unspecified atom stereocenters. The Morgan fingerprint density at radius 2 is 1.64 bits per heavy atom. The monoisotopic (exact) mass is 388 g/mol. The highest BCUT2D eigenvalue weighted by Gasteiger charge is 2.27. The van der Waals surface area contributed by atoms with Crippen LogP contribution in [0.25, 0.3) is 0 Å². The molecule has 1 fully saturated rings. The zero-order chi connectivity index (χ0) is 18.6. The first-order valence-corrected chi connectivity index (χ1v) is 8.75. The van der Waals surface area contributed by atoms with E-state index in [1.54, 1.807) is 28.0 Å². The first kappa shape index (κ1) is 19.7. The Bertz CT molecular complexity index is 638. The van der Waals surface area contributed by atoms with Crippen molar-refractivity contribution in [1.29, 1.82) is 0 Å². The van der Waals surface area contributed by atoms with Gasteiger partial charge in [0, 0.05) is 32.2 Å². The summed E-state index contributed by atoms with van der Waals surface area (Å²) in [6, 6.07) is 4.84. The molecule has 0 aromatic heterocycles. The average molecular weight is 389 g/mol. The molecule has 1 aromatic rings. The lowest BCUT2D eigenvalue weighted by atomic mass is 10.2. The Morgan fingerprint density at radius 1 is 1.04 bits per heavy atom. The molecule has 0 bridgehead atoms. The third-order valence-electron chi connectivity index (χ3n) is 3.54. The smallest absolute Gasteiger partial charge is 0.410 e. The maximum Gasteiger partial charge on any atom is 0.410 e. The van der Waals surface area contributed by atoms with Crippen molar-refractivity contribution in [1.82, 2.24) is 9.80 Å². The molecule has 0 atom stereocenters. The predicted octanol–water partition coefficient (Wildman–Crippen LogP) is 3.45. The maximum atomic E-state index is 12.2. The summed E-state index contributed by atoms with van der Waals surface area (Å²) in [7, 11) is 0. The maximum absolute atomic E-state index is 12.2. The number of hydrogen-bond donors (Lipinski definition) is 0. The van der Waals surface area contributed by atoms with E-state index in [0.717, 1.165) is 0 Å². The van der Waals surface area contributed by atoms with E-state index < -0.39 is 5.60 Å². The molecular weight excluding hydrogens is 367 g/mol. The summed E-state index contributed by atoms with van der Waals surface area (Å²) < 4.78 is 10.8. The Balaban J connectivity index is 1.79. The van der Waals surface area contributed by atoms with Gasteiger partial charge in [0.1, 0.15) is 11.4 Å². The predicted molar refractivity (Wildman–Crippen MR) is 96.3 cm³/mol. The van der Waals surface area contributed by atoms with Crippen LogP contribution in [0.4, 0.5) is 4.79 Å². The van der Waals surface area contributed by atoms with E-state index in [9.17, 15) is 9.59 Å². The van der Waals surface area contributed by atoms with E-state index in [1.165, 1.54) is 0 Å². The topological polar surface area (TPSA) is 59.1 Å². The van der Waals surface area contributed by atoms with Gasteiger partial charge in [0.25, 0.3) is 5.91 Å². The van der Waals surface area contributed by atoms with Crippen molar-refractivity contribution in [2.24, 2.45) is 0 Å². The molecule has 0 aliphatic carbocycles. The molecule has 1 saturated heterocycles. The average Bonchev–Trinajstić information content (AvgIpc) is 2.54. The van der Waals surface area contributed by atoms with Crippen LogP contribution in [0.5, 0.6) is 5.75 Å². The summed E-state index contributed by atoms with van der Waals surface area (Å²) in [5.41, 5.74) is -0.530. The van der Waals surface area contributed by atoms with Crippen molar-refractivity contribution in [3.63, 3.8) is 0 Å². The number of benzene rings is 1. The minimum Gasteiger partial charge on any atom is -0.484 e. The van der Waals surface area contributed by atoms with Crippen LogP contribution in [0, 0.1) is 0 Å². The standard InChI is InChI=1S/C17H22Cl2N2O4/c1-17(2,3)25-16(23)21-8-6-20(7-9-21)15(22)11-24-12-4-5-13(18)14(19)10-12/h4-5,10H,6-9,11H2,1-3H3. The van der Waals surface area contributed by atoms with Crippen molar-refractivity contribution < 1.29 is 19.1 Å². The molecule has 1 aromatic carbocycles. The van der Waals surface area contributed by atoms with Gasteiger partial charge in [-0.2, -0.15) is 0 Å². The number of carbonyl (C=O) groups excluding carboxylic acids is 2. The highest BCUT2D eigenvalue weighted by Crippen LogP contribution is 2.26. The third-order valence-corrected chi connectivity index (χ3v) is 4.28. The van der Waals surface area contributed by atoms with E-state index >= 15 is 0 Å². The quantitative estimate of drug-likeness (QED) is 0.795. The number of hydrogen-bond acceptors (Lipinski definition) is 4. The van der Waals surface area contributed by atoms with Crippen molar-refractivity contribution in [2.75, 3.05) is 32.8 Å². The number of piperazine rings is 1. The van der Waals surface area contributed by atoms with Gasteiger partial charge in [-0.25, -0.2) is 4.79 Å². The van der Waals surface area contributed by atoms with Gasteiger partial charge in [-0.3, -0.25) is 4.79 Å². The number of nitrogens with zero attached hydrogens (tertiary/aromatic N) is 2. The van der Waals surface area contributed by atoms with Gasteiger partial charge in [0.15, 0.2) is 6.61 Å². The molecule has 1 heterocycles. The molecule has 1 aliphatic rings. The lowest BCUT2D eigenvalue weighted by Crippen LogP contribution is -2.52. The first-order valence-electron chi connectivity index (χ1n) is 7.99. The largest absolute Gasteiger partial charge is 0.484 e. The molecule has 0 radical (unpaired) electrons. The Kier molecular flexibility index (Phi) is 6.41. The van der Waals surface area contributed by atoms with Crippen LogP contribution in [-0.4, -0.2) is 60.2 Å². The fourth-order valence-corrected chi connectivity index (χ4v) is 2.56. The van der Waals surface area contributed by atoms with Gasteiger partial charge in [-0.15, -0.1) is 0 Å². The van der Waals surface area contributed by atoms with Crippen LogP contribution in [0.1, 0.15) is 20.8 Å². The first-order chi connectivity index (χ1) is 11.7. The van der Waals surface area contributed by atoms with Crippen molar-refractivity contribution in [3.05, 3.63) is 28.2 Å². The van der Waals surface area contributed by atoms with E-state index in [-0.39, 0.29) is 18.6 Å². The molecule has 8 heteroatoms. The van der Waals surface area contributed by atoms with Gasteiger partial charge in [0.05, 0.1) is 10.0 Å². The van der Waals surface area contributed by atoms with E-state index in [2.05, 4.69) is 0 Å². The highest BCUT2D eigenvalue weighted by atomic mass is 35.5. The van der Waals surface area contributed by atoms with Gasteiger partial charge in [0.2, 0.25) is 0 Å². The second-order valence-corrected chi connectivity index (χ2v) is 7.53. The molecule has 138 valence electrons. The summed E-state index contributed by atoms with van der Waals surface area (Å²) in [4.78, 5) is 27.5. The molecule has 0 spiro atoms. The number of amides is 2. The van der Waals surface area contributed by atoms with Crippen LogP contribution >= 0.6 is 23.2 Å². The minimum atomic E-state index is -0.530. The number of rotatable bonds is 3. The normalized spacial score (nSPS) is 15.1. The zero-order valence-corrected chi connectivity index (χ0v) is 16.1. The van der Waals surface area contributed by atoms with E-state index in [1.807, 2.05) is 20.8 Å². The molecule has 2 amide bonds. The second-order valence-electron chi connectivity index (χ2n) is 6.71. The summed E-state index contributed by atoms with van der Waals surface area (Å²) in [5, 5.41) is 0.802. The Morgan fingerprint density at radius 3 is 2.20 bits per heavy atom. The number of ether oxygens (including phenoxy) is 2. The van der Waals surface area contributed by atoms with Gasteiger partial charge < -0.3 is 19.3 Å². The fraction of sp³-hybridized carbons (Fsp3) is 0.529. The van der Waals surface area contributed by atoms with Crippen molar-refractivity contribution >= 4 is 35.2 Å². The van der Waals surface area contributed by atoms with Gasteiger partial charge in [-0.05, 0) is 32.9 Å². The van der Waals surface area contributed by atoms with Crippen LogP contribution in [0.3, 0.4) is 0 Å². The SMILES string of the molecule is CC(C)(C)OC(=O)N1CCN(C(=O)COc2ccc(Cl)c(Cl)c2)CC1. The summed E-state index contributed by atoms with van der Waals surface area (Å²) in [6.45, 7) is 7.15. The molecule has 1 aliphatic heterocycles. The van der Waals surface area contributed by atoms with E-state index in [0.29, 0.717) is 42.0 Å². The lowest BCUT2D eigenvalue weighted by molar-refractivity contribution is -0.135. The molecular formula is C17H22Cl2N2O4. The molecule has 6 nitrogen and oxygen atoms in total. The molecule has 25 heavy (non-hydrogen) atoms. The van der Waals surface area contributed by atoms with E-state index in [4.69, 9.17) is 32.7 Å². The second kappa shape index (κ2) is 8.15. The summed E-state index contributed by atoms with van der Waals surface area (Å²) in [5.74, 6) is 0.338. The summed E-state index contributed by atoms with van der Waals surface area (Å²) >= 11 is 11.8.